The molecule has 4 rings (SSSR count). The summed E-state index contributed by atoms with van der Waals surface area (Å²) in [4.78, 5) is 24.7. The molecule has 0 bridgehead atoms. The molecule has 8 heteroatoms. The Morgan fingerprint density at radius 3 is 2.73 bits per heavy atom. The summed E-state index contributed by atoms with van der Waals surface area (Å²) >= 11 is 6.52. The topological polar surface area (TPSA) is 70.0 Å². The maximum atomic E-state index is 12.6. The lowest BCUT2D eigenvalue weighted by molar-refractivity contribution is 0.0598. The molecule has 1 aromatic carbocycles. The van der Waals surface area contributed by atoms with Gasteiger partial charge in [0, 0.05) is 44.0 Å². The minimum Gasteiger partial charge on any atom is -0.492 e. The number of carbonyl (C=O) groups is 1. The summed E-state index contributed by atoms with van der Waals surface area (Å²) in [5.74, 6) is -0.00432. The predicted molar refractivity (Wildman–Crippen MR) is 114 cm³/mol. The number of aromatic nitrogens is 1. The third kappa shape index (κ3) is 3.46. The van der Waals surface area contributed by atoms with Gasteiger partial charge in [0.25, 0.3) is 0 Å². The molecule has 2 atom stereocenters. The van der Waals surface area contributed by atoms with Gasteiger partial charge in [-0.15, -0.1) is 0 Å². The number of nitrogens with zero attached hydrogens (tertiary/aromatic N) is 2. The van der Waals surface area contributed by atoms with E-state index in [1.807, 2.05) is 16.8 Å². The van der Waals surface area contributed by atoms with E-state index in [0.717, 1.165) is 30.4 Å². The van der Waals surface area contributed by atoms with E-state index >= 15 is 0 Å². The third-order valence-corrected chi connectivity index (χ3v) is 6.10. The Bertz CT molecular complexity index is 1030. The van der Waals surface area contributed by atoms with Crippen LogP contribution in [-0.4, -0.2) is 44.1 Å². The second-order valence-electron chi connectivity index (χ2n) is 7.66. The van der Waals surface area contributed by atoms with Gasteiger partial charge in [-0.25, -0.2) is 4.79 Å². The number of esters is 1. The lowest BCUT2D eigenvalue weighted by atomic mass is 9.94. The number of halogens is 1. The molecule has 1 fully saturated rings. The van der Waals surface area contributed by atoms with Gasteiger partial charge in [0.15, 0.2) is 5.43 Å². The van der Waals surface area contributed by atoms with Crippen LogP contribution in [0.2, 0.25) is 5.02 Å². The van der Waals surface area contributed by atoms with Gasteiger partial charge in [-0.2, -0.15) is 0 Å². The summed E-state index contributed by atoms with van der Waals surface area (Å²) in [6.45, 7) is 3.27. The molecule has 0 amide bonds. The van der Waals surface area contributed by atoms with Gasteiger partial charge in [0.1, 0.15) is 11.3 Å². The molecule has 0 spiro atoms. The van der Waals surface area contributed by atoms with Gasteiger partial charge in [0.05, 0.1) is 30.5 Å². The van der Waals surface area contributed by atoms with Crippen LogP contribution in [0.25, 0.3) is 11.3 Å². The molecule has 2 aliphatic heterocycles. The molecule has 2 aliphatic rings. The second kappa shape index (κ2) is 8.32. The lowest BCUT2D eigenvalue weighted by Crippen LogP contribution is -2.43. The van der Waals surface area contributed by atoms with Crippen LogP contribution in [0, 0.1) is 0 Å². The fraction of sp³-hybridized carbons (Fsp3) is 0.455. The highest BCUT2D eigenvalue weighted by atomic mass is 35.5. The van der Waals surface area contributed by atoms with E-state index in [2.05, 4.69) is 11.9 Å². The standard InChI is InChI=1S/C22H25ClN2O5/c1-13-5-6-18-15-10-21(30-8-4-7-28-2)17(23)9-14(15)19-11-20(26)16(22(27)29-3)12-24(19)25(13)18/h9-13,18H,4-8H2,1-3H3/t13-,18-/m0/s1. The third-order valence-electron chi connectivity index (χ3n) is 5.80. The molecule has 1 aromatic heterocycles. The number of benzene rings is 1. The minimum atomic E-state index is -0.637. The molecular formula is C22H25ClN2O5. The average Bonchev–Trinajstić information content (AvgIpc) is 3.12. The van der Waals surface area contributed by atoms with Crippen LogP contribution in [0.15, 0.2) is 29.2 Å². The Morgan fingerprint density at radius 1 is 1.20 bits per heavy atom. The van der Waals surface area contributed by atoms with Gasteiger partial charge in [-0.1, -0.05) is 11.6 Å². The first-order valence-electron chi connectivity index (χ1n) is 10.1. The maximum Gasteiger partial charge on any atom is 0.343 e. The van der Waals surface area contributed by atoms with Crippen LogP contribution < -0.4 is 15.2 Å². The Morgan fingerprint density at radius 2 is 2.00 bits per heavy atom. The van der Waals surface area contributed by atoms with Crippen LogP contribution in [-0.2, 0) is 9.47 Å². The zero-order valence-corrected chi connectivity index (χ0v) is 18.1. The molecule has 3 heterocycles. The maximum absolute atomic E-state index is 12.6. The van der Waals surface area contributed by atoms with Crippen molar-refractivity contribution in [3.8, 4) is 17.0 Å². The number of hydrogen-bond acceptors (Lipinski definition) is 6. The SMILES string of the molecule is COCCCOc1cc2c(cc1Cl)-c1cc(=O)c(C(=O)OC)cn1N1[C@@H](C)CC[C@@H]21. The molecule has 2 aromatic rings. The fourth-order valence-electron chi connectivity index (χ4n) is 4.37. The summed E-state index contributed by atoms with van der Waals surface area (Å²) in [6, 6.07) is 5.68. The van der Waals surface area contributed by atoms with Crippen molar-refractivity contribution in [2.45, 2.75) is 38.3 Å². The lowest BCUT2D eigenvalue weighted by Gasteiger charge is -2.40. The largest absolute Gasteiger partial charge is 0.492 e. The molecule has 0 unspecified atom stereocenters. The van der Waals surface area contributed by atoms with Crippen molar-refractivity contribution in [3.05, 3.63) is 50.8 Å². The van der Waals surface area contributed by atoms with Crippen molar-refractivity contribution < 1.29 is 19.0 Å². The van der Waals surface area contributed by atoms with E-state index in [0.29, 0.717) is 29.7 Å². The summed E-state index contributed by atoms with van der Waals surface area (Å²) < 4.78 is 17.7. The highest BCUT2D eigenvalue weighted by Gasteiger charge is 2.39. The van der Waals surface area contributed by atoms with E-state index < -0.39 is 5.97 Å². The highest BCUT2D eigenvalue weighted by molar-refractivity contribution is 6.32. The molecule has 7 nitrogen and oxygen atoms in total. The number of carbonyl (C=O) groups excluding carboxylic acids is 1. The van der Waals surface area contributed by atoms with Crippen LogP contribution in [0.4, 0.5) is 0 Å². The van der Waals surface area contributed by atoms with E-state index in [1.54, 1.807) is 13.3 Å². The van der Waals surface area contributed by atoms with Crippen LogP contribution in [0.1, 0.15) is 48.1 Å². The molecule has 30 heavy (non-hydrogen) atoms. The normalized spacial score (nSPS) is 19.1. The first-order chi connectivity index (χ1) is 14.5. The van der Waals surface area contributed by atoms with Crippen molar-refractivity contribution >= 4 is 17.6 Å². The number of ether oxygens (including phenoxy) is 3. The van der Waals surface area contributed by atoms with Crippen molar-refractivity contribution in [2.24, 2.45) is 0 Å². The predicted octanol–water partition coefficient (Wildman–Crippen LogP) is 3.55. The van der Waals surface area contributed by atoms with Crippen LogP contribution in [0.3, 0.4) is 0 Å². The molecule has 0 aliphatic carbocycles. The average molecular weight is 433 g/mol. The molecule has 160 valence electrons. The number of hydrogen-bond donors (Lipinski definition) is 0. The summed E-state index contributed by atoms with van der Waals surface area (Å²) in [6.07, 6.45) is 4.31. The number of methoxy groups -OCH3 is 2. The smallest absolute Gasteiger partial charge is 0.343 e. The van der Waals surface area contributed by atoms with Gasteiger partial charge >= 0.3 is 5.97 Å². The Balaban J connectivity index is 1.82. The Labute approximate surface area is 180 Å². The zero-order valence-electron chi connectivity index (χ0n) is 17.3. The first-order valence-corrected chi connectivity index (χ1v) is 10.4. The summed E-state index contributed by atoms with van der Waals surface area (Å²) in [5.41, 5.74) is 2.32. The molecule has 0 radical (unpaired) electrons. The van der Waals surface area contributed by atoms with Crippen LogP contribution >= 0.6 is 11.6 Å². The number of fused-ring (bicyclic) bond motifs is 6. The minimum absolute atomic E-state index is 0.0201. The first kappa shape index (κ1) is 20.8. The van der Waals surface area contributed by atoms with Gasteiger partial charge in [-0.05, 0) is 37.5 Å². The molecular weight excluding hydrogens is 408 g/mol. The van der Waals surface area contributed by atoms with Gasteiger partial charge in [-0.3, -0.25) is 9.47 Å². The Hall–Kier alpha value is -2.51. The molecule has 0 N–H and O–H groups in total. The van der Waals surface area contributed by atoms with E-state index in [4.69, 9.17) is 25.8 Å². The molecule has 0 saturated carbocycles. The fourth-order valence-corrected chi connectivity index (χ4v) is 4.59. The van der Waals surface area contributed by atoms with Gasteiger partial charge < -0.3 is 19.2 Å². The van der Waals surface area contributed by atoms with Crippen molar-refractivity contribution in [1.82, 2.24) is 4.68 Å². The quantitative estimate of drug-likeness (QED) is 0.513. The second-order valence-corrected chi connectivity index (χ2v) is 8.07. The molecule has 1 saturated heterocycles. The van der Waals surface area contributed by atoms with Crippen LogP contribution in [0.5, 0.6) is 5.75 Å². The van der Waals surface area contributed by atoms with Crippen molar-refractivity contribution in [2.75, 3.05) is 32.4 Å². The van der Waals surface area contributed by atoms with Crippen molar-refractivity contribution in [1.29, 1.82) is 0 Å². The summed E-state index contributed by atoms with van der Waals surface area (Å²) in [5, 5.41) is 2.70. The number of pyridine rings is 1. The van der Waals surface area contributed by atoms with Crippen molar-refractivity contribution in [3.63, 3.8) is 0 Å². The van der Waals surface area contributed by atoms with Gasteiger partial charge in [0.2, 0.25) is 0 Å². The zero-order chi connectivity index (χ0) is 21.4. The van der Waals surface area contributed by atoms with E-state index in [9.17, 15) is 9.59 Å². The monoisotopic (exact) mass is 432 g/mol. The Kier molecular flexibility index (Phi) is 5.75. The number of rotatable bonds is 6. The van der Waals surface area contributed by atoms with E-state index in [1.165, 1.54) is 13.2 Å². The summed E-state index contributed by atoms with van der Waals surface area (Å²) in [7, 11) is 2.93. The van der Waals surface area contributed by atoms with E-state index in [-0.39, 0.29) is 23.1 Å². The highest BCUT2D eigenvalue weighted by Crippen LogP contribution is 2.46.